The number of nitrogens with one attached hydrogen (secondary N) is 4. The lowest BCUT2D eigenvalue weighted by atomic mass is 9.33. The average molecular weight is 1470 g/mol. The van der Waals surface area contributed by atoms with Crippen LogP contribution < -0.4 is 31.8 Å². The number of aromatic amines is 1. The minimum atomic E-state index is -1.11. The first kappa shape index (κ1) is 83.5. The Bertz CT molecular complexity index is 4170. The number of allylic oxidation sites excluding steroid dienone is 2. The van der Waals surface area contributed by atoms with Crippen LogP contribution in [0.1, 0.15) is 154 Å². The quantitative estimate of drug-likeness (QED) is 0.0273. The van der Waals surface area contributed by atoms with Crippen LogP contribution in [0, 0.1) is 56.2 Å². The van der Waals surface area contributed by atoms with Gasteiger partial charge in [0.25, 0.3) is 5.91 Å². The highest BCUT2D eigenvalue weighted by molar-refractivity contribution is 6.05. The van der Waals surface area contributed by atoms with Crippen molar-refractivity contribution in [3.63, 3.8) is 0 Å². The second kappa shape index (κ2) is 34.2. The van der Waals surface area contributed by atoms with Crippen LogP contribution in [0.25, 0.3) is 16.5 Å². The summed E-state index contributed by atoms with van der Waals surface area (Å²) in [5, 5.41) is 87.0. The van der Waals surface area contributed by atoms with Gasteiger partial charge in [0.2, 0.25) is 11.3 Å². The zero-order valence-corrected chi connectivity index (χ0v) is 62.0. The number of carboxylic acid groups (broad SMARTS) is 2. The van der Waals surface area contributed by atoms with Crippen molar-refractivity contribution >= 4 is 69.8 Å². The van der Waals surface area contributed by atoms with E-state index >= 15 is 0 Å². The Morgan fingerprint density at radius 2 is 1.43 bits per heavy atom. The number of aromatic nitrogens is 1. The summed E-state index contributed by atoms with van der Waals surface area (Å²) in [5.41, 5.74) is 9.49. The number of benzene rings is 3. The number of carboxylic acids is 2. The number of aliphatic carboxylic acids is 1. The number of nitrogens with zero attached hydrogens (tertiary/aromatic N) is 2. The number of carbonyl (C=O) groups excluding carboxylic acids is 7. The van der Waals surface area contributed by atoms with Gasteiger partial charge in [-0.15, -0.1) is 0 Å². The van der Waals surface area contributed by atoms with E-state index in [9.17, 15) is 58.2 Å². The van der Waals surface area contributed by atoms with Crippen LogP contribution in [-0.2, 0) is 41.8 Å². The molecular formula is C78H103N7O21. The summed E-state index contributed by atoms with van der Waals surface area (Å²) in [5.74, 6) is -2.44. The first-order valence-corrected chi connectivity index (χ1v) is 35.5. The van der Waals surface area contributed by atoms with Crippen LogP contribution in [0.3, 0.4) is 0 Å². The first-order valence-electron chi connectivity index (χ1n) is 35.5. The Kier molecular flexibility index (Phi) is 27.0. The molecule has 5 fully saturated rings. The lowest BCUT2D eigenvalue weighted by molar-refractivity contribution is -0.202. The molecule has 28 heteroatoms. The van der Waals surface area contributed by atoms with E-state index in [0.29, 0.717) is 18.4 Å². The number of imide groups is 1. The van der Waals surface area contributed by atoms with Crippen LogP contribution in [0.15, 0.2) is 112 Å². The maximum absolute atomic E-state index is 14.2. The van der Waals surface area contributed by atoms with Crippen LogP contribution in [0.5, 0.6) is 23.0 Å². The van der Waals surface area contributed by atoms with Crippen molar-refractivity contribution < 1.29 is 98.3 Å². The van der Waals surface area contributed by atoms with E-state index in [0.717, 1.165) is 89.8 Å². The summed E-state index contributed by atoms with van der Waals surface area (Å²) in [6, 6.07) is 18.0. The van der Waals surface area contributed by atoms with Crippen LogP contribution in [0.2, 0.25) is 0 Å². The molecule has 28 nitrogen and oxygen atoms in total. The van der Waals surface area contributed by atoms with Gasteiger partial charge in [0, 0.05) is 61.7 Å². The van der Waals surface area contributed by atoms with E-state index < -0.39 is 77.6 Å². The summed E-state index contributed by atoms with van der Waals surface area (Å²) < 4.78 is 9.27. The number of carbonyl (C=O) groups is 9. The maximum Gasteiger partial charge on any atom is 0.339 e. The van der Waals surface area contributed by atoms with Crippen LogP contribution in [0.4, 0.5) is 9.59 Å². The number of nitrogens with two attached hydrogens (primary N) is 1. The third kappa shape index (κ3) is 18.0. The van der Waals surface area contributed by atoms with Crippen LogP contribution >= 0.6 is 0 Å². The number of ketones is 2. The van der Waals surface area contributed by atoms with Crippen molar-refractivity contribution in [2.45, 2.75) is 158 Å². The van der Waals surface area contributed by atoms with E-state index in [1.54, 1.807) is 12.1 Å². The zero-order valence-electron chi connectivity index (χ0n) is 62.0. The van der Waals surface area contributed by atoms with Crippen molar-refractivity contribution in [1.29, 1.82) is 0 Å². The second-order valence-electron chi connectivity index (χ2n) is 30.3. The first-order chi connectivity index (χ1) is 49.7. The smallest absolute Gasteiger partial charge is 0.339 e. The predicted molar refractivity (Wildman–Crippen MR) is 390 cm³/mol. The fourth-order valence-corrected chi connectivity index (χ4v) is 17.3. The van der Waals surface area contributed by atoms with Gasteiger partial charge >= 0.3 is 30.0 Å². The van der Waals surface area contributed by atoms with E-state index in [1.165, 1.54) is 76.5 Å². The number of fused-ring (bicyclic) bond motifs is 9. The van der Waals surface area contributed by atoms with Crippen molar-refractivity contribution in [2.24, 2.45) is 61.9 Å². The number of hydrogen-bond acceptors (Lipinski definition) is 20. The Morgan fingerprint density at radius 3 is 1.98 bits per heavy atom. The third-order valence-corrected chi connectivity index (χ3v) is 23.4. The van der Waals surface area contributed by atoms with Crippen LogP contribution in [-0.4, -0.2) is 172 Å². The van der Waals surface area contributed by atoms with Crippen molar-refractivity contribution in [3.8, 4) is 23.0 Å². The fraction of sp³-hybridized carbons (Fsp3) is 0.513. The second-order valence-corrected chi connectivity index (χ2v) is 30.3. The molecular weight excluding hydrogens is 1370 g/mol. The number of ether oxygens (including phenoxy) is 1. The van der Waals surface area contributed by atoms with E-state index in [-0.39, 0.29) is 97.8 Å². The number of phenolic OH excluding ortho intramolecular Hbond substituents is 2. The summed E-state index contributed by atoms with van der Waals surface area (Å²) in [4.78, 5) is 120. The zero-order chi connectivity index (χ0) is 78.8. The lowest BCUT2D eigenvalue weighted by Crippen LogP contribution is -2.66. The minimum absolute atomic E-state index is 0.0160. The Balaban J connectivity index is 0.000000189. The number of amides is 6. The number of hydrogen-bond donors (Lipinski definition) is 14. The van der Waals surface area contributed by atoms with Gasteiger partial charge in [-0.05, 0) is 196 Å². The molecule has 0 radical (unpaired) electrons. The van der Waals surface area contributed by atoms with Crippen molar-refractivity contribution in [1.82, 2.24) is 30.7 Å². The molecule has 0 spiro atoms. The topological polar surface area (TPSA) is 460 Å². The van der Waals surface area contributed by atoms with Gasteiger partial charge in [-0.2, -0.15) is 0 Å². The van der Waals surface area contributed by atoms with Gasteiger partial charge in [-0.3, -0.25) is 43.8 Å². The molecule has 8 aliphatic rings. The van der Waals surface area contributed by atoms with E-state index in [4.69, 9.17) is 41.5 Å². The van der Waals surface area contributed by atoms with Gasteiger partial charge in [-0.25, -0.2) is 14.4 Å². The number of aromatic hydroxyl groups is 3. The number of para-hydroxylation sites is 1. The minimum Gasteiger partial charge on any atom is -0.508 e. The number of phenols is 2. The molecule has 6 amide bonds. The molecule has 576 valence electrons. The highest BCUT2D eigenvalue weighted by Crippen LogP contribution is 2.75. The number of likely N-dealkylation sites (N-methyl/N-ethyl adjacent to an activating group) is 1. The van der Waals surface area contributed by atoms with Gasteiger partial charge in [0.15, 0.2) is 23.5 Å². The van der Waals surface area contributed by atoms with Gasteiger partial charge in [-0.1, -0.05) is 77.5 Å². The summed E-state index contributed by atoms with van der Waals surface area (Å²) >= 11 is 0. The highest BCUT2D eigenvalue weighted by atomic mass is 16.5. The van der Waals surface area contributed by atoms with E-state index in [2.05, 4.69) is 117 Å². The lowest BCUT2D eigenvalue weighted by Gasteiger charge is -2.70. The molecule has 2 aliphatic heterocycles. The molecule has 4 saturated carbocycles. The number of aliphatic hydroxyl groups is 4. The number of urea groups is 2. The number of aromatic carboxylic acids is 1. The number of primary amides is 1. The number of aliphatic hydroxyl groups excluding tert-OH is 4. The molecule has 106 heavy (non-hydrogen) atoms. The maximum atomic E-state index is 14.2. The van der Waals surface area contributed by atoms with Gasteiger partial charge < -0.3 is 81.4 Å². The van der Waals surface area contributed by atoms with Crippen molar-refractivity contribution in [2.75, 3.05) is 39.9 Å². The van der Waals surface area contributed by atoms with Crippen molar-refractivity contribution in [3.05, 3.63) is 136 Å². The fourth-order valence-electron chi connectivity index (χ4n) is 17.3. The molecule has 1 saturated heterocycles. The molecule has 12 atom stereocenters. The SMILES string of the molecule is CC(=O)Oc1ccccc1C(=O)O.CC1(C)[C@@H](O)CC[C@]2(C)[C@H]3C(=O)C=C4[C@@H]5C[C@@](C)(C(=O)O)CC[C@]5(C)CC[C@@]4(C)[C@]3(C)CC[C@@H]12.CCN(CC)C(=O)[C@@H]1C=C2c3cccc4[nH]cc(c34)C[C@H]2N(C)C1.NC(=O)NC1NC(=O)NC1=O.O=C(CO)CO.O=c1cc(CO)occ1O.Oc1ccc(O)cc1. The Hall–Kier alpha value is -9.74. The largest absolute Gasteiger partial charge is 0.508 e. The molecule has 3 aromatic carbocycles. The normalized spacial score (nSPS) is 28.1. The standard InChI is InChI=1S/C30H46O4.C20H25N3O.C9H8O4.C6H6O4.C6H6O2.C4H6N4O3.C3H6O3/c1-25(2)21-8-11-30(7)23(28(21,5)10-9-22(25)32)20(31)16-18-19-17-27(4,24(33)34)13-12-26(19,3)14-15-29(18,30)6;1-4-23(5-2)20(24)14-9-16-15-7-6-8-17-19(15)13(11-21-17)10-18(16)22(3)12-14;1-6(10)13-8-5-3-2-4-7(8)9(11)12;7-2-4-1-5(8)6(9)3-10-4;7-5-1-2-6(8)4-3-5;5-3(10)6-1-2(9)8-4(11)7-1;4-1-3(6)2-5/h16,19,21-23,32H,8-15,17H2,1-7H3,(H,33,34);6-9,11,14,18,21H,4-5,10,12H2,1-3H3;2-5H,1H3,(H,11,12);1,3,7,9H,2H2;1-4,7-8H;1H,(H3,5,6,10)(H2,7,8,9,11);4-5H,1-2H2/t19-,21-,22-,23+,26+,27-,28-,29+,30+;14-,18-;;;;;/m01...../s1. The molecule has 13 rings (SSSR count). The molecule has 5 aromatic rings. The molecule has 0 bridgehead atoms. The Morgan fingerprint density at radius 1 is 0.802 bits per heavy atom. The molecule has 2 aromatic heterocycles. The number of Topliss-reactive ketones (excluding diaryl/α,β-unsaturated/α-hetero) is 1. The predicted octanol–water partition coefficient (Wildman–Crippen LogP) is 7.92. The third-order valence-electron chi connectivity index (χ3n) is 23.4. The van der Waals surface area contributed by atoms with Gasteiger partial charge in [0.1, 0.15) is 54.7 Å². The van der Waals surface area contributed by atoms with E-state index in [1.807, 2.05) is 28.5 Å². The number of rotatable bonds is 10. The van der Waals surface area contributed by atoms with Gasteiger partial charge in [0.05, 0.1) is 17.4 Å². The number of esters is 1. The monoisotopic (exact) mass is 1470 g/mol. The average Bonchev–Trinajstić information content (AvgIpc) is 0.765. The number of H-pyrrole nitrogens is 1. The molecule has 15 N–H and O–H groups in total. The summed E-state index contributed by atoms with van der Waals surface area (Å²) in [6.45, 7) is 22.1. The molecule has 6 aliphatic carbocycles. The Labute approximate surface area is 615 Å². The molecule has 4 heterocycles. The highest BCUT2D eigenvalue weighted by Gasteiger charge is 2.70. The molecule has 1 unspecified atom stereocenters. The summed E-state index contributed by atoms with van der Waals surface area (Å²) in [6.07, 6.45) is 15.2. The summed E-state index contributed by atoms with van der Waals surface area (Å²) in [7, 11) is 2.15.